The lowest BCUT2D eigenvalue weighted by atomic mass is 10.4. The SMILES string of the molecule is CC.CCOC(=O)COc1ncc(Br)cc1[N+](=O)[O-]. The van der Waals surface area contributed by atoms with Crippen molar-refractivity contribution in [3.05, 3.63) is 26.9 Å². The van der Waals surface area contributed by atoms with Gasteiger partial charge in [0.05, 0.1) is 11.5 Å². The van der Waals surface area contributed by atoms with Crippen LogP contribution in [-0.4, -0.2) is 29.1 Å². The molecule has 0 atom stereocenters. The molecule has 0 bridgehead atoms. The van der Waals surface area contributed by atoms with E-state index in [1.807, 2.05) is 13.8 Å². The first-order valence-electron chi connectivity index (χ1n) is 5.63. The predicted octanol–water partition coefficient (Wildman–Crippen LogP) is 2.72. The molecule has 19 heavy (non-hydrogen) atoms. The smallest absolute Gasteiger partial charge is 0.344 e. The minimum absolute atomic E-state index is 0.216. The van der Waals surface area contributed by atoms with Gasteiger partial charge in [-0.3, -0.25) is 10.1 Å². The van der Waals surface area contributed by atoms with Gasteiger partial charge in [0.1, 0.15) is 0 Å². The second kappa shape index (κ2) is 9.26. The molecule has 8 heteroatoms. The number of nitrogens with zero attached hydrogens (tertiary/aromatic N) is 2. The molecule has 1 heterocycles. The summed E-state index contributed by atoms with van der Waals surface area (Å²) in [4.78, 5) is 24.8. The highest BCUT2D eigenvalue weighted by Crippen LogP contribution is 2.27. The fourth-order valence-electron chi connectivity index (χ4n) is 0.988. The summed E-state index contributed by atoms with van der Waals surface area (Å²) in [5, 5.41) is 10.7. The number of ether oxygens (including phenoxy) is 2. The maximum absolute atomic E-state index is 11.0. The summed E-state index contributed by atoms with van der Waals surface area (Å²) in [6, 6.07) is 1.24. The summed E-state index contributed by atoms with van der Waals surface area (Å²) >= 11 is 3.06. The van der Waals surface area contributed by atoms with Gasteiger partial charge in [-0.25, -0.2) is 9.78 Å². The molecule has 1 aromatic rings. The minimum atomic E-state index is -0.641. The molecule has 0 spiro atoms. The molecule has 0 unspecified atom stereocenters. The lowest BCUT2D eigenvalue weighted by molar-refractivity contribution is -0.386. The van der Waals surface area contributed by atoms with Gasteiger partial charge >= 0.3 is 11.7 Å². The Hall–Kier alpha value is -1.70. The Balaban J connectivity index is 0.00000154. The molecule has 1 aromatic heterocycles. The molecular weight excluding hydrogens is 320 g/mol. The standard InChI is InChI=1S/C9H9BrN2O5.C2H6/c1-2-16-8(13)5-17-9-7(12(14)15)3-6(10)4-11-9;1-2/h3-4H,2,5H2,1H3;1-2H3. The quantitative estimate of drug-likeness (QED) is 0.467. The first-order chi connectivity index (χ1) is 9.04. The maximum Gasteiger partial charge on any atom is 0.344 e. The van der Waals surface area contributed by atoms with Crippen LogP contribution in [0, 0.1) is 10.1 Å². The summed E-state index contributed by atoms with van der Waals surface area (Å²) < 4.78 is 9.99. The average molecular weight is 335 g/mol. The second-order valence-corrected chi connectivity index (χ2v) is 3.74. The molecule has 0 saturated heterocycles. The highest BCUT2D eigenvalue weighted by Gasteiger charge is 2.18. The molecule has 0 radical (unpaired) electrons. The fraction of sp³-hybridized carbons (Fsp3) is 0.455. The summed E-state index contributed by atoms with van der Waals surface area (Å²) in [5.41, 5.74) is -0.316. The third-order valence-electron chi connectivity index (χ3n) is 1.63. The molecule has 0 fully saturated rings. The van der Waals surface area contributed by atoms with Gasteiger partial charge in [-0.2, -0.15) is 0 Å². The maximum atomic E-state index is 11.0. The van der Waals surface area contributed by atoms with Gasteiger partial charge in [0.25, 0.3) is 5.88 Å². The molecule has 0 N–H and O–H groups in total. The topological polar surface area (TPSA) is 91.6 Å². The number of aromatic nitrogens is 1. The number of hydrogen-bond acceptors (Lipinski definition) is 6. The van der Waals surface area contributed by atoms with Crippen LogP contribution in [0.15, 0.2) is 16.7 Å². The Morgan fingerprint density at radius 3 is 2.68 bits per heavy atom. The normalized spacial score (nSPS) is 9.05. The molecule has 7 nitrogen and oxygen atoms in total. The predicted molar refractivity (Wildman–Crippen MR) is 72.1 cm³/mol. The van der Waals surface area contributed by atoms with Gasteiger partial charge in [-0.1, -0.05) is 13.8 Å². The van der Waals surface area contributed by atoms with E-state index in [1.54, 1.807) is 6.92 Å². The van der Waals surface area contributed by atoms with Crippen LogP contribution >= 0.6 is 15.9 Å². The minimum Gasteiger partial charge on any atom is -0.463 e. The number of esters is 1. The lowest BCUT2D eigenvalue weighted by Crippen LogP contribution is -2.15. The Morgan fingerprint density at radius 1 is 1.53 bits per heavy atom. The number of halogens is 1. The van der Waals surface area contributed by atoms with E-state index in [0.717, 1.165) is 0 Å². The van der Waals surface area contributed by atoms with Crippen molar-refractivity contribution in [2.24, 2.45) is 0 Å². The van der Waals surface area contributed by atoms with Gasteiger partial charge in [0.2, 0.25) is 0 Å². The molecule has 0 aliphatic heterocycles. The molecular formula is C11H15BrN2O5. The van der Waals surface area contributed by atoms with Crippen LogP contribution in [0.4, 0.5) is 5.69 Å². The van der Waals surface area contributed by atoms with Crippen LogP contribution in [-0.2, 0) is 9.53 Å². The van der Waals surface area contributed by atoms with Crippen LogP contribution in [0.5, 0.6) is 5.88 Å². The zero-order valence-corrected chi connectivity index (χ0v) is 12.5. The lowest BCUT2D eigenvalue weighted by Gasteiger charge is -2.05. The molecule has 0 aliphatic rings. The van der Waals surface area contributed by atoms with Gasteiger partial charge in [-0.05, 0) is 22.9 Å². The Bertz CT molecular complexity index is 439. The van der Waals surface area contributed by atoms with E-state index in [4.69, 9.17) is 4.74 Å². The Morgan fingerprint density at radius 2 is 2.16 bits per heavy atom. The van der Waals surface area contributed by atoms with Crippen molar-refractivity contribution >= 4 is 27.6 Å². The van der Waals surface area contributed by atoms with Crippen molar-refractivity contribution in [3.63, 3.8) is 0 Å². The van der Waals surface area contributed by atoms with Crippen molar-refractivity contribution in [1.29, 1.82) is 0 Å². The zero-order valence-electron chi connectivity index (χ0n) is 10.9. The van der Waals surface area contributed by atoms with Crippen LogP contribution in [0.2, 0.25) is 0 Å². The number of hydrogen-bond donors (Lipinski definition) is 0. The van der Waals surface area contributed by atoms with Crippen molar-refractivity contribution < 1.29 is 19.2 Å². The number of nitro groups is 1. The monoisotopic (exact) mass is 334 g/mol. The fourth-order valence-corrected chi connectivity index (χ4v) is 1.31. The van der Waals surface area contributed by atoms with Crippen LogP contribution in [0.25, 0.3) is 0 Å². The molecule has 0 aromatic carbocycles. The van der Waals surface area contributed by atoms with Crippen molar-refractivity contribution in [2.45, 2.75) is 20.8 Å². The number of carbonyl (C=O) groups excluding carboxylic acids is 1. The van der Waals surface area contributed by atoms with Gasteiger partial charge in [-0.15, -0.1) is 0 Å². The second-order valence-electron chi connectivity index (χ2n) is 2.83. The van der Waals surface area contributed by atoms with Crippen LogP contribution < -0.4 is 4.74 Å². The van der Waals surface area contributed by atoms with Crippen molar-refractivity contribution in [3.8, 4) is 5.88 Å². The first-order valence-corrected chi connectivity index (χ1v) is 6.42. The highest BCUT2D eigenvalue weighted by atomic mass is 79.9. The van der Waals surface area contributed by atoms with Crippen LogP contribution in [0.3, 0.4) is 0 Å². The van der Waals surface area contributed by atoms with E-state index < -0.39 is 17.5 Å². The molecule has 0 aliphatic carbocycles. The van der Waals surface area contributed by atoms with E-state index in [-0.39, 0.29) is 18.2 Å². The Kier molecular flexibility index (Phi) is 8.43. The largest absolute Gasteiger partial charge is 0.463 e. The van der Waals surface area contributed by atoms with Gasteiger partial charge in [0.15, 0.2) is 6.61 Å². The van der Waals surface area contributed by atoms with E-state index in [2.05, 4.69) is 25.7 Å². The van der Waals surface area contributed by atoms with E-state index in [0.29, 0.717) is 4.47 Å². The third-order valence-corrected chi connectivity index (χ3v) is 2.06. The highest BCUT2D eigenvalue weighted by molar-refractivity contribution is 9.10. The van der Waals surface area contributed by atoms with E-state index in [9.17, 15) is 14.9 Å². The van der Waals surface area contributed by atoms with Crippen LogP contribution in [0.1, 0.15) is 20.8 Å². The molecule has 0 saturated carbocycles. The number of pyridine rings is 1. The van der Waals surface area contributed by atoms with Gasteiger partial charge < -0.3 is 9.47 Å². The average Bonchev–Trinajstić information content (AvgIpc) is 2.40. The number of rotatable bonds is 5. The van der Waals surface area contributed by atoms with E-state index in [1.165, 1.54) is 12.3 Å². The Labute approximate surface area is 119 Å². The van der Waals surface area contributed by atoms with Gasteiger partial charge in [0, 0.05) is 16.7 Å². The summed E-state index contributed by atoms with van der Waals surface area (Å²) in [5.74, 6) is -0.822. The number of carbonyl (C=O) groups is 1. The summed E-state index contributed by atoms with van der Waals surface area (Å²) in [7, 11) is 0. The van der Waals surface area contributed by atoms with Crippen molar-refractivity contribution in [2.75, 3.05) is 13.2 Å². The molecule has 1 rings (SSSR count). The molecule has 0 amide bonds. The zero-order chi connectivity index (χ0) is 14.8. The summed E-state index contributed by atoms with van der Waals surface area (Å²) in [6.45, 7) is 5.46. The third kappa shape index (κ3) is 6.14. The molecule has 106 valence electrons. The van der Waals surface area contributed by atoms with Crippen molar-refractivity contribution in [1.82, 2.24) is 4.98 Å². The summed E-state index contributed by atoms with van der Waals surface area (Å²) in [6.07, 6.45) is 1.34. The first kappa shape index (κ1) is 17.3. The van der Waals surface area contributed by atoms with E-state index >= 15 is 0 Å².